The van der Waals surface area contributed by atoms with Crippen LogP contribution in [-0.2, 0) is 6.42 Å². The standard InChI is InChI=1S/C9H9ClN2O/c10-4-3-7-6-11-12-9(7)8-2-1-5-13-8/h1-2,5-6H,3-4H2,(H,11,12). The van der Waals surface area contributed by atoms with Gasteiger partial charge in [0, 0.05) is 11.4 Å². The first kappa shape index (κ1) is 8.38. The molecule has 3 nitrogen and oxygen atoms in total. The molecule has 0 fully saturated rings. The second-order valence-electron chi connectivity index (χ2n) is 2.69. The Morgan fingerprint density at radius 1 is 1.54 bits per heavy atom. The SMILES string of the molecule is ClCCc1cn[nH]c1-c1ccco1. The molecular weight excluding hydrogens is 188 g/mol. The van der Waals surface area contributed by atoms with Gasteiger partial charge in [0.2, 0.25) is 0 Å². The summed E-state index contributed by atoms with van der Waals surface area (Å²) < 4.78 is 5.25. The molecule has 0 aliphatic rings. The molecule has 68 valence electrons. The monoisotopic (exact) mass is 196 g/mol. The summed E-state index contributed by atoms with van der Waals surface area (Å²) in [5, 5.41) is 6.84. The number of alkyl halides is 1. The summed E-state index contributed by atoms with van der Waals surface area (Å²) >= 11 is 5.65. The summed E-state index contributed by atoms with van der Waals surface area (Å²) in [6, 6.07) is 3.74. The summed E-state index contributed by atoms with van der Waals surface area (Å²) in [5.41, 5.74) is 2.01. The Morgan fingerprint density at radius 3 is 3.15 bits per heavy atom. The van der Waals surface area contributed by atoms with Crippen LogP contribution < -0.4 is 0 Å². The van der Waals surface area contributed by atoms with E-state index in [0.29, 0.717) is 5.88 Å². The average Bonchev–Trinajstić information content (AvgIpc) is 2.71. The molecule has 0 aromatic carbocycles. The van der Waals surface area contributed by atoms with Gasteiger partial charge in [0.15, 0.2) is 5.76 Å². The van der Waals surface area contributed by atoms with Gasteiger partial charge >= 0.3 is 0 Å². The third-order valence-corrected chi connectivity index (χ3v) is 2.04. The van der Waals surface area contributed by atoms with Crippen LogP contribution in [0.4, 0.5) is 0 Å². The minimum absolute atomic E-state index is 0.591. The van der Waals surface area contributed by atoms with E-state index in [2.05, 4.69) is 10.2 Å². The maximum absolute atomic E-state index is 5.65. The lowest BCUT2D eigenvalue weighted by Crippen LogP contribution is -1.86. The van der Waals surface area contributed by atoms with E-state index in [1.807, 2.05) is 12.1 Å². The second kappa shape index (κ2) is 3.66. The van der Waals surface area contributed by atoms with Crippen LogP contribution in [0.5, 0.6) is 0 Å². The van der Waals surface area contributed by atoms with Crippen LogP contribution in [0.15, 0.2) is 29.0 Å². The van der Waals surface area contributed by atoms with Gasteiger partial charge in [-0.15, -0.1) is 11.6 Å². The van der Waals surface area contributed by atoms with Gasteiger partial charge in [-0.2, -0.15) is 5.10 Å². The van der Waals surface area contributed by atoms with Gasteiger partial charge in [0.1, 0.15) is 5.69 Å². The molecule has 2 aromatic rings. The molecule has 0 spiro atoms. The fourth-order valence-corrected chi connectivity index (χ4v) is 1.44. The van der Waals surface area contributed by atoms with Gasteiger partial charge in [-0.05, 0) is 18.6 Å². The van der Waals surface area contributed by atoms with Gasteiger partial charge in [-0.25, -0.2) is 0 Å². The van der Waals surface area contributed by atoms with E-state index in [4.69, 9.17) is 16.0 Å². The molecule has 0 saturated heterocycles. The van der Waals surface area contributed by atoms with Crippen LogP contribution >= 0.6 is 11.6 Å². The molecule has 2 aromatic heterocycles. The highest BCUT2D eigenvalue weighted by molar-refractivity contribution is 6.18. The van der Waals surface area contributed by atoms with Crippen molar-refractivity contribution in [3.63, 3.8) is 0 Å². The van der Waals surface area contributed by atoms with E-state index < -0.39 is 0 Å². The zero-order valence-electron chi connectivity index (χ0n) is 6.96. The summed E-state index contributed by atoms with van der Waals surface area (Å²) in [5.74, 6) is 1.39. The number of nitrogens with one attached hydrogen (secondary N) is 1. The largest absolute Gasteiger partial charge is 0.463 e. The van der Waals surface area contributed by atoms with E-state index in [9.17, 15) is 0 Å². The van der Waals surface area contributed by atoms with Crippen molar-refractivity contribution in [2.45, 2.75) is 6.42 Å². The van der Waals surface area contributed by atoms with Gasteiger partial charge in [-0.1, -0.05) is 0 Å². The van der Waals surface area contributed by atoms with Crippen LogP contribution in [0.2, 0.25) is 0 Å². The summed E-state index contributed by atoms with van der Waals surface area (Å²) in [6.45, 7) is 0. The highest BCUT2D eigenvalue weighted by Crippen LogP contribution is 2.21. The van der Waals surface area contributed by atoms with Crippen molar-refractivity contribution in [2.24, 2.45) is 0 Å². The van der Waals surface area contributed by atoms with E-state index in [0.717, 1.165) is 23.4 Å². The zero-order valence-corrected chi connectivity index (χ0v) is 7.71. The van der Waals surface area contributed by atoms with Gasteiger partial charge in [0.05, 0.1) is 12.5 Å². The molecule has 0 aliphatic heterocycles. The molecule has 0 bridgehead atoms. The van der Waals surface area contributed by atoms with Crippen molar-refractivity contribution < 1.29 is 4.42 Å². The van der Waals surface area contributed by atoms with Crippen molar-refractivity contribution in [3.05, 3.63) is 30.2 Å². The smallest absolute Gasteiger partial charge is 0.151 e. The Kier molecular flexibility index (Phi) is 2.36. The lowest BCUT2D eigenvalue weighted by atomic mass is 10.2. The quantitative estimate of drug-likeness (QED) is 0.767. The molecular formula is C9H9ClN2O. The minimum atomic E-state index is 0.591. The van der Waals surface area contributed by atoms with E-state index in [1.54, 1.807) is 12.5 Å². The molecule has 13 heavy (non-hydrogen) atoms. The van der Waals surface area contributed by atoms with E-state index >= 15 is 0 Å². The molecule has 0 aliphatic carbocycles. The van der Waals surface area contributed by atoms with Crippen LogP contribution in [0, 0.1) is 0 Å². The Balaban J connectivity index is 2.35. The van der Waals surface area contributed by atoms with Crippen molar-refractivity contribution in [3.8, 4) is 11.5 Å². The normalized spacial score (nSPS) is 10.5. The highest BCUT2D eigenvalue weighted by atomic mass is 35.5. The first-order valence-corrected chi connectivity index (χ1v) is 4.57. The summed E-state index contributed by atoms with van der Waals surface area (Å²) in [7, 11) is 0. The van der Waals surface area contributed by atoms with Crippen LogP contribution in [0.3, 0.4) is 0 Å². The first-order chi connectivity index (χ1) is 6.42. The predicted octanol–water partition coefficient (Wildman–Crippen LogP) is 2.45. The molecule has 4 heteroatoms. The number of rotatable bonds is 3. The van der Waals surface area contributed by atoms with Gasteiger partial charge in [0.25, 0.3) is 0 Å². The number of aromatic amines is 1. The molecule has 2 heterocycles. The predicted molar refractivity (Wildman–Crippen MR) is 50.7 cm³/mol. The zero-order chi connectivity index (χ0) is 9.10. The van der Waals surface area contributed by atoms with E-state index in [-0.39, 0.29) is 0 Å². The van der Waals surface area contributed by atoms with Gasteiger partial charge < -0.3 is 4.42 Å². The van der Waals surface area contributed by atoms with Crippen LogP contribution in [0.25, 0.3) is 11.5 Å². The van der Waals surface area contributed by atoms with Crippen molar-refractivity contribution in [2.75, 3.05) is 5.88 Å². The number of H-pyrrole nitrogens is 1. The number of aromatic nitrogens is 2. The van der Waals surface area contributed by atoms with Crippen molar-refractivity contribution in [1.82, 2.24) is 10.2 Å². The molecule has 0 unspecified atom stereocenters. The fourth-order valence-electron chi connectivity index (χ4n) is 1.24. The molecule has 0 saturated carbocycles. The van der Waals surface area contributed by atoms with Crippen LogP contribution in [-0.4, -0.2) is 16.1 Å². The Morgan fingerprint density at radius 2 is 2.46 bits per heavy atom. The Bertz CT molecular complexity index is 367. The topological polar surface area (TPSA) is 41.8 Å². The highest BCUT2D eigenvalue weighted by Gasteiger charge is 2.08. The Labute approximate surface area is 80.7 Å². The first-order valence-electron chi connectivity index (χ1n) is 4.04. The number of aryl methyl sites for hydroxylation is 1. The molecule has 0 atom stereocenters. The third-order valence-electron chi connectivity index (χ3n) is 1.85. The van der Waals surface area contributed by atoms with E-state index in [1.165, 1.54) is 0 Å². The Hall–Kier alpha value is -1.22. The fraction of sp³-hybridized carbons (Fsp3) is 0.222. The summed E-state index contributed by atoms with van der Waals surface area (Å²) in [6.07, 6.45) is 4.22. The number of hydrogen-bond acceptors (Lipinski definition) is 2. The molecule has 0 radical (unpaired) electrons. The summed E-state index contributed by atoms with van der Waals surface area (Å²) in [4.78, 5) is 0. The molecule has 1 N–H and O–H groups in total. The van der Waals surface area contributed by atoms with Crippen molar-refractivity contribution in [1.29, 1.82) is 0 Å². The minimum Gasteiger partial charge on any atom is -0.463 e. The molecule has 0 amide bonds. The maximum Gasteiger partial charge on any atom is 0.151 e. The van der Waals surface area contributed by atoms with Crippen molar-refractivity contribution >= 4 is 11.6 Å². The number of halogens is 1. The number of furan rings is 1. The number of hydrogen-bond donors (Lipinski definition) is 1. The second-order valence-corrected chi connectivity index (χ2v) is 3.06. The molecule has 2 rings (SSSR count). The number of nitrogens with zero attached hydrogens (tertiary/aromatic N) is 1. The lowest BCUT2D eigenvalue weighted by molar-refractivity contribution is 0.579. The van der Waals surface area contributed by atoms with Gasteiger partial charge in [-0.3, -0.25) is 5.10 Å². The van der Waals surface area contributed by atoms with Crippen LogP contribution in [0.1, 0.15) is 5.56 Å². The average molecular weight is 197 g/mol. The lowest BCUT2D eigenvalue weighted by Gasteiger charge is -1.95. The maximum atomic E-state index is 5.65. The third kappa shape index (κ3) is 1.60.